The number of hydrogen-bond donors (Lipinski definition) is 5. The Kier molecular flexibility index (Phi) is 15.6. The van der Waals surface area contributed by atoms with Crippen molar-refractivity contribution in [3.8, 4) is 0 Å². The average molecular weight is 698 g/mol. The minimum Gasteiger partial charge on any atom is -0.354 e. The van der Waals surface area contributed by atoms with Gasteiger partial charge in [0, 0.05) is 58.2 Å². The number of nitrogens with two attached hydrogens (primary N) is 1. The Hall–Kier alpha value is -5.10. The van der Waals surface area contributed by atoms with E-state index in [2.05, 4.69) is 26.3 Å². The molecule has 1 saturated heterocycles. The van der Waals surface area contributed by atoms with E-state index in [1.807, 2.05) is 66.7 Å². The molecule has 3 aromatic rings. The zero-order chi connectivity index (χ0) is 36.4. The van der Waals surface area contributed by atoms with Crippen LogP contribution in [0.25, 0.3) is 0 Å². The number of likely N-dealkylation sites (tertiary alicyclic amines) is 1. The lowest BCUT2D eigenvalue weighted by Crippen LogP contribution is -2.55. The Balaban J connectivity index is 1.37. The summed E-state index contributed by atoms with van der Waals surface area (Å²) < 4.78 is 0. The van der Waals surface area contributed by atoms with Gasteiger partial charge in [-0.1, -0.05) is 86.0 Å². The molecular formula is C39H51N7O5. The number of unbranched alkanes of at least 4 members (excludes halogenated alkanes) is 4. The molecule has 272 valence electrons. The third-order valence-electron chi connectivity index (χ3n) is 9.13. The van der Waals surface area contributed by atoms with Crippen molar-refractivity contribution in [1.29, 1.82) is 0 Å². The third-order valence-corrected chi connectivity index (χ3v) is 9.13. The van der Waals surface area contributed by atoms with Gasteiger partial charge in [-0.2, -0.15) is 0 Å². The molecule has 1 fully saturated rings. The number of hydrogen-bond acceptors (Lipinski definition) is 7. The molecule has 1 aromatic heterocycles. The molecule has 1 aliphatic rings. The molecule has 0 spiro atoms. The molecule has 0 bridgehead atoms. The predicted octanol–water partition coefficient (Wildman–Crippen LogP) is 2.59. The highest BCUT2D eigenvalue weighted by Gasteiger charge is 2.42. The standard InChI is InChI=1S/C39H51N7O5/c1-46-35(48)26-31(36(46)30-18-13-21-41-27-30)37(49)42-22-23-43-38(50)32(24-28-14-7-5-8-15-28)45-39(51)33(25-29-16-9-6-10-17-29)44-34(47)19-11-3-2-4-12-20-40/h5-10,13-18,21,27,31-33,36H,2-4,11-12,19-20,22-26,40H2,1H3,(H,42,49)(H,43,50)(H,44,47)(H,45,51)/t31?,32-,33-,36?/m0/s1. The highest BCUT2D eigenvalue weighted by Crippen LogP contribution is 2.36. The number of aromatic nitrogens is 1. The fraction of sp³-hybridized carbons (Fsp3) is 0.436. The summed E-state index contributed by atoms with van der Waals surface area (Å²) in [6.45, 7) is 0.894. The first-order chi connectivity index (χ1) is 24.8. The number of pyridine rings is 1. The van der Waals surface area contributed by atoms with Crippen LogP contribution >= 0.6 is 0 Å². The molecular weight excluding hydrogens is 646 g/mol. The van der Waals surface area contributed by atoms with Gasteiger partial charge in [-0.25, -0.2) is 0 Å². The largest absolute Gasteiger partial charge is 0.354 e. The van der Waals surface area contributed by atoms with Gasteiger partial charge in [-0.05, 0) is 42.1 Å². The van der Waals surface area contributed by atoms with Crippen LogP contribution < -0.4 is 27.0 Å². The van der Waals surface area contributed by atoms with Crippen molar-refractivity contribution in [2.24, 2.45) is 11.7 Å². The number of rotatable bonds is 20. The fourth-order valence-corrected chi connectivity index (χ4v) is 6.35. The lowest BCUT2D eigenvalue weighted by atomic mass is 9.94. The molecule has 51 heavy (non-hydrogen) atoms. The number of carbonyl (C=O) groups excluding carboxylic acids is 5. The molecule has 4 rings (SSSR count). The van der Waals surface area contributed by atoms with E-state index in [0.717, 1.165) is 42.4 Å². The Bertz CT molecular complexity index is 1560. The summed E-state index contributed by atoms with van der Waals surface area (Å²) in [6.07, 6.45) is 8.77. The van der Waals surface area contributed by atoms with E-state index in [4.69, 9.17) is 5.73 Å². The van der Waals surface area contributed by atoms with Gasteiger partial charge in [0.2, 0.25) is 29.5 Å². The first kappa shape index (κ1) is 38.7. The maximum atomic E-state index is 13.8. The van der Waals surface area contributed by atoms with Crippen LogP contribution in [0.1, 0.15) is 67.7 Å². The van der Waals surface area contributed by atoms with Crippen molar-refractivity contribution < 1.29 is 24.0 Å². The Labute approximate surface area is 300 Å². The first-order valence-electron chi connectivity index (χ1n) is 17.9. The molecule has 0 radical (unpaired) electrons. The van der Waals surface area contributed by atoms with Crippen LogP contribution in [-0.4, -0.2) is 78.2 Å². The monoisotopic (exact) mass is 697 g/mol. The molecule has 0 saturated carbocycles. The molecule has 6 N–H and O–H groups in total. The Morgan fingerprint density at radius 2 is 1.39 bits per heavy atom. The normalized spacial score (nSPS) is 16.6. The third kappa shape index (κ3) is 12.3. The van der Waals surface area contributed by atoms with Gasteiger partial charge in [0.05, 0.1) is 12.0 Å². The second-order valence-corrected chi connectivity index (χ2v) is 13.0. The van der Waals surface area contributed by atoms with Crippen molar-refractivity contribution in [3.63, 3.8) is 0 Å². The van der Waals surface area contributed by atoms with Crippen LogP contribution in [0.2, 0.25) is 0 Å². The molecule has 4 atom stereocenters. The Morgan fingerprint density at radius 3 is 2.02 bits per heavy atom. The molecule has 0 aliphatic carbocycles. The Morgan fingerprint density at radius 1 is 0.784 bits per heavy atom. The number of amides is 5. The molecule has 1 aliphatic heterocycles. The van der Waals surface area contributed by atoms with Crippen molar-refractivity contribution in [2.45, 2.75) is 75.9 Å². The molecule has 2 unspecified atom stereocenters. The van der Waals surface area contributed by atoms with Gasteiger partial charge in [0.25, 0.3) is 0 Å². The van der Waals surface area contributed by atoms with Crippen LogP contribution in [0.3, 0.4) is 0 Å². The van der Waals surface area contributed by atoms with Gasteiger partial charge in [-0.3, -0.25) is 29.0 Å². The molecule has 12 nitrogen and oxygen atoms in total. The quantitative estimate of drug-likeness (QED) is 0.113. The van der Waals surface area contributed by atoms with Gasteiger partial charge in [-0.15, -0.1) is 0 Å². The maximum Gasteiger partial charge on any atom is 0.243 e. The summed E-state index contributed by atoms with van der Waals surface area (Å²) in [4.78, 5) is 71.7. The summed E-state index contributed by atoms with van der Waals surface area (Å²) >= 11 is 0. The van der Waals surface area contributed by atoms with Gasteiger partial charge in [0.15, 0.2) is 0 Å². The van der Waals surface area contributed by atoms with Crippen molar-refractivity contribution >= 4 is 29.5 Å². The lowest BCUT2D eigenvalue weighted by molar-refractivity contribution is -0.132. The fourth-order valence-electron chi connectivity index (χ4n) is 6.35. The number of benzene rings is 2. The van der Waals surface area contributed by atoms with E-state index in [9.17, 15) is 24.0 Å². The maximum absolute atomic E-state index is 13.8. The van der Waals surface area contributed by atoms with Gasteiger partial charge >= 0.3 is 0 Å². The zero-order valence-corrected chi connectivity index (χ0v) is 29.4. The van der Waals surface area contributed by atoms with E-state index < -0.39 is 35.9 Å². The summed E-state index contributed by atoms with van der Waals surface area (Å²) in [5.74, 6) is -2.12. The molecule has 2 aromatic carbocycles. The topological polar surface area (TPSA) is 176 Å². The minimum absolute atomic E-state index is 0.0783. The summed E-state index contributed by atoms with van der Waals surface area (Å²) in [7, 11) is 1.68. The SMILES string of the molecule is CN1C(=O)CC(C(=O)NCCNC(=O)[C@H](Cc2ccccc2)NC(=O)[C@H](Cc2ccccc2)NC(=O)CCCCCCCN)C1c1cccnc1. The molecule has 2 heterocycles. The van der Waals surface area contributed by atoms with Crippen molar-refractivity contribution in [3.05, 3.63) is 102 Å². The van der Waals surface area contributed by atoms with E-state index >= 15 is 0 Å². The summed E-state index contributed by atoms with van der Waals surface area (Å²) in [5, 5.41) is 11.5. The minimum atomic E-state index is -0.940. The second kappa shape index (κ2) is 20.5. The van der Waals surface area contributed by atoms with Crippen LogP contribution in [0.4, 0.5) is 0 Å². The van der Waals surface area contributed by atoms with E-state index in [1.165, 1.54) is 0 Å². The highest BCUT2D eigenvalue weighted by molar-refractivity contribution is 5.93. The van der Waals surface area contributed by atoms with Crippen LogP contribution in [-0.2, 0) is 36.8 Å². The second-order valence-electron chi connectivity index (χ2n) is 13.0. The van der Waals surface area contributed by atoms with Crippen molar-refractivity contribution in [1.82, 2.24) is 31.2 Å². The summed E-state index contributed by atoms with van der Waals surface area (Å²) in [5.41, 5.74) is 8.07. The number of nitrogens with one attached hydrogen (secondary N) is 4. The first-order valence-corrected chi connectivity index (χ1v) is 17.9. The number of nitrogens with zero attached hydrogens (tertiary/aromatic N) is 2. The predicted molar refractivity (Wildman–Crippen MR) is 195 cm³/mol. The van der Waals surface area contributed by atoms with Crippen LogP contribution in [0.15, 0.2) is 85.2 Å². The van der Waals surface area contributed by atoms with Gasteiger partial charge in [0.1, 0.15) is 12.1 Å². The van der Waals surface area contributed by atoms with E-state index in [-0.39, 0.29) is 50.1 Å². The van der Waals surface area contributed by atoms with Crippen LogP contribution in [0, 0.1) is 5.92 Å². The average Bonchev–Trinajstić information content (AvgIpc) is 3.45. The lowest BCUT2D eigenvalue weighted by Gasteiger charge is -2.25. The van der Waals surface area contributed by atoms with Crippen LogP contribution in [0.5, 0.6) is 0 Å². The smallest absolute Gasteiger partial charge is 0.243 e. The van der Waals surface area contributed by atoms with E-state index in [1.54, 1.807) is 30.4 Å². The molecule has 5 amide bonds. The summed E-state index contributed by atoms with van der Waals surface area (Å²) in [6, 6.07) is 20.1. The van der Waals surface area contributed by atoms with E-state index in [0.29, 0.717) is 19.4 Å². The highest BCUT2D eigenvalue weighted by atomic mass is 16.2. The van der Waals surface area contributed by atoms with Gasteiger partial charge < -0.3 is 31.9 Å². The zero-order valence-electron chi connectivity index (χ0n) is 29.4. The number of carbonyl (C=O) groups is 5. The van der Waals surface area contributed by atoms with Crippen molar-refractivity contribution in [2.75, 3.05) is 26.7 Å². The molecule has 12 heteroatoms.